The van der Waals surface area contributed by atoms with Gasteiger partial charge in [-0.05, 0) is 31.5 Å². The molecule has 4 heteroatoms. The largest absolute Gasteiger partial charge is 0.378 e. The number of rotatable bonds is 3. The summed E-state index contributed by atoms with van der Waals surface area (Å²) in [6.07, 6.45) is 1.83. The summed E-state index contributed by atoms with van der Waals surface area (Å²) in [7, 11) is 0. The second-order valence-corrected chi connectivity index (χ2v) is 4.65. The number of aromatic nitrogens is 1. The van der Waals surface area contributed by atoms with E-state index < -0.39 is 0 Å². The molecule has 0 radical (unpaired) electrons. The number of halogens is 1. The van der Waals surface area contributed by atoms with E-state index in [0.29, 0.717) is 5.56 Å². The number of hydrogen-bond acceptors (Lipinski definition) is 3. The molecular formula is C12H13FN2S. The average Bonchev–Trinajstić information content (AvgIpc) is 2.77. The van der Waals surface area contributed by atoms with Gasteiger partial charge in [0.1, 0.15) is 5.82 Å². The molecule has 2 rings (SSSR count). The first kappa shape index (κ1) is 11.1. The van der Waals surface area contributed by atoms with E-state index in [0.717, 1.165) is 10.6 Å². The molecule has 1 aromatic carbocycles. The Morgan fingerprint density at radius 1 is 1.44 bits per heavy atom. The second kappa shape index (κ2) is 4.61. The van der Waals surface area contributed by atoms with E-state index in [-0.39, 0.29) is 11.9 Å². The highest BCUT2D eigenvalue weighted by molar-refractivity contribution is 7.09. The van der Waals surface area contributed by atoms with Crippen molar-refractivity contribution in [3.63, 3.8) is 0 Å². The van der Waals surface area contributed by atoms with Gasteiger partial charge in [-0.25, -0.2) is 4.39 Å². The number of nitrogens with one attached hydrogen (secondary N) is 1. The summed E-state index contributed by atoms with van der Waals surface area (Å²) < 4.78 is 13.3. The summed E-state index contributed by atoms with van der Waals surface area (Å²) in [5, 5.41) is 3.24. The molecule has 2 nitrogen and oxygen atoms in total. The molecule has 84 valence electrons. The topological polar surface area (TPSA) is 24.9 Å². The van der Waals surface area contributed by atoms with Gasteiger partial charge in [0, 0.05) is 16.8 Å². The van der Waals surface area contributed by atoms with Crippen LogP contribution < -0.4 is 5.32 Å². The standard InChI is InChI=1S/C12H13FN2S/c1-8-3-4-10(5-11(8)13)15-9(2)12-6-14-7-16-12/h3-7,9,15H,1-2H3. The van der Waals surface area contributed by atoms with Crippen molar-refractivity contribution in [1.82, 2.24) is 4.98 Å². The van der Waals surface area contributed by atoms with Crippen molar-refractivity contribution in [2.45, 2.75) is 19.9 Å². The molecule has 0 saturated heterocycles. The highest BCUT2D eigenvalue weighted by atomic mass is 32.1. The molecule has 16 heavy (non-hydrogen) atoms. The van der Waals surface area contributed by atoms with E-state index in [1.165, 1.54) is 6.07 Å². The lowest BCUT2D eigenvalue weighted by atomic mass is 10.2. The number of nitrogens with zero attached hydrogens (tertiary/aromatic N) is 1. The fourth-order valence-corrected chi connectivity index (χ4v) is 2.07. The lowest BCUT2D eigenvalue weighted by molar-refractivity contribution is 0.618. The molecular weight excluding hydrogens is 223 g/mol. The van der Waals surface area contributed by atoms with Crippen molar-refractivity contribution in [2.24, 2.45) is 0 Å². The van der Waals surface area contributed by atoms with Gasteiger partial charge in [0.15, 0.2) is 0 Å². The van der Waals surface area contributed by atoms with E-state index >= 15 is 0 Å². The van der Waals surface area contributed by atoms with Gasteiger partial charge in [0.2, 0.25) is 0 Å². The second-order valence-electron chi connectivity index (χ2n) is 3.73. The molecule has 0 aliphatic rings. The first-order valence-electron chi connectivity index (χ1n) is 5.08. The summed E-state index contributed by atoms with van der Waals surface area (Å²) in [5.41, 5.74) is 3.25. The monoisotopic (exact) mass is 236 g/mol. The average molecular weight is 236 g/mol. The fraction of sp³-hybridized carbons (Fsp3) is 0.250. The number of anilines is 1. The molecule has 1 heterocycles. The molecule has 0 amide bonds. The molecule has 0 fully saturated rings. The van der Waals surface area contributed by atoms with Crippen LogP contribution in [0, 0.1) is 12.7 Å². The summed E-state index contributed by atoms with van der Waals surface area (Å²) >= 11 is 1.59. The van der Waals surface area contributed by atoms with E-state index in [4.69, 9.17) is 0 Å². The summed E-state index contributed by atoms with van der Waals surface area (Å²) in [6.45, 7) is 3.79. The minimum absolute atomic E-state index is 0.148. The molecule has 1 aromatic heterocycles. The van der Waals surface area contributed by atoms with Gasteiger partial charge >= 0.3 is 0 Å². The number of thiazole rings is 1. The quantitative estimate of drug-likeness (QED) is 0.877. The highest BCUT2D eigenvalue weighted by Gasteiger charge is 2.07. The van der Waals surface area contributed by atoms with Crippen LogP contribution in [0.3, 0.4) is 0 Å². The Bertz CT molecular complexity index is 468. The van der Waals surface area contributed by atoms with Crippen LogP contribution in [0.2, 0.25) is 0 Å². The minimum atomic E-state index is -0.179. The van der Waals surface area contributed by atoms with Gasteiger partial charge in [-0.15, -0.1) is 11.3 Å². The van der Waals surface area contributed by atoms with Crippen molar-refractivity contribution in [2.75, 3.05) is 5.32 Å². The van der Waals surface area contributed by atoms with Crippen molar-refractivity contribution in [1.29, 1.82) is 0 Å². The Labute approximate surface area is 98.2 Å². The molecule has 0 spiro atoms. The zero-order valence-electron chi connectivity index (χ0n) is 9.20. The van der Waals surface area contributed by atoms with Crippen molar-refractivity contribution in [3.8, 4) is 0 Å². The summed E-state index contributed by atoms with van der Waals surface area (Å²) in [4.78, 5) is 5.16. The maximum atomic E-state index is 13.3. The SMILES string of the molecule is Cc1ccc(NC(C)c2cncs2)cc1F. The maximum absolute atomic E-state index is 13.3. The van der Waals surface area contributed by atoms with Crippen LogP contribution >= 0.6 is 11.3 Å². The Balaban J connectivity index is 2.12. The number of aryl methyl sites for hydroxylation is 1. The molecule has 0 aliphatic heterocycles. The van der Waals surface area contributed by atoms with E-state index in [9.17, 15) is 4.39 Å². The first-order valence-corrected chi connectivity index (χ1v) is 5.96. The molecule has 2 aromatic rings. The third-order valence-corrected chi connectivity index (χ3v) is 3.39. The Morgan fingerprint density at radius 2 is 2.25 bits per heavy atom. The Hall–Kier alpha value is -1.42. The van der Waals surface area contributed by atoms with Crippen LogP contribution in [0.25, 0.3) is 0 Å². The van der Waals surface area contributed by atoms with Gasteiger partial charge in [-0.3, -0.25) is 4.98 Å². The predicted molar refractivity (Wildman–Crippen MR) is 65.3 cm³/mol. The number of hydrogen-bond donors (Lipinski definition) is 1. The number of benzene rings is 1. The lowest BCUT2D eigenvalue weighted by Crippen LogP contribution is -2.05. The van der Waals surface area contributed by atoms with Crippen molar-refractivity contribution < 1.29 is 4.39 Å². The van der Waals surface area contributed by atoms with Crippen LogP contribution in [0.1, 0.15) is 23.4 Å². The molecule has 0 saturated carbocycles. The normalized spacial score (nSPS) is 12.4. The van der Waals surface area contributed by atoms with E-state index in [2.05, 4.69) is 10.3 Å². The molecule has 1 N–H and O–H groups in total. The van der Waals surface area contributed by atoms with Gasteiger partial charge in [0.05, 0.1) is 11.6 Å². The van der Waals surface area contributed by atoms with Crippen molar-refractivity contribution in [3.05, 3.63) is 46.2 Å². The summed E-state index contributed by atoms with van der Waals surface area (Å²) in [5.74, 6) is -0.179. The van der Waals surface area contributed by atoms with Crippen LogP contribution in [0.5, 0.6) is 0 Å². The van der Waals surface area contributed by atoms with Gasteiger partial charge in [-0.1, -0.05) is 6.07 Å². The van der Waals surface area contributed by atoms with Crippen molar-refractivity contribution >= 4 is 17.0 Å². The Kier molecular flexibility index (Phi) is 3.19. The lowest BCUT2D eigenvalue weighted by Gasteiger charge is -2.13. The zero-order chi connectivity index (χ0) is 11.5. The third-order valence-electron chi connectivity index (χ3n) is 2.43. The van der Waals surface area contributed by atoms with Gasteiger partial charge in [-0.2, -0.15) is 0 Å². The molecule has 0 bridgehead atoms. The maximum Gasteiger partial charge on any atom is 0.128 e. The predicted octanol–water partition coefficient (Wildman–Crippen LogP) is 3.76. The summed E-state index contributed by atoms with van der Waals surface area (Å²) in [6, 6.07) is 5.33. The molecule has 0 aliphatic carbocycles. The van der Waals surface area contributed by atoms with Crippen LogP contribution in [-0.2, 0) is 0 Å². The zero-order valence-corrected chi connectivity index (χ0v) is 10.0. The third kappa shape index (κ3) is 2.39. The first-order chi connectivity index (χ1) is 7.66. The van der Waals surface area contributed by atoms with E-state index in [1.807, 2.05) is 19.2 Å². The molecule has 1 unspecified atom stereocenters. The minimum Gasteiger partial charge on any atom is -0.378 e. The van der Waals surface area contributed by atoms with Gasteiger partial charge < -0.3 is 5.32 Å². The smallest absolute Gasteiger partial charge is 0.128 e. The van der Waals surface area contributed by atoms with Gasteiger partial charge in [0.25, 0.3) is 0 Å². The van der Waals surface area contributed by atoms with Crippen LogP contribution in [0.4, 0.5) is 10.1 Å². The van der Waals surface area contributed by atoms with E-state index in [1.54, 1.807) is 29.8 Å². The van der Waals surface area contributed by atoms with Crippen LogP contribution in [0.15, 0.2) is 29.9 Å². The molecule has 1 atom stereocenters. The highest BCUT2D eigenvalue weighted by Crippen LogP contribution is 2.22. The Morgan fingerprint density at radius 3 is 2.88 bits per heavy atom. The van der Waals surface area contributed by atoms with Crippen LogP contribution in [-0.4, -0.2) is 4.98 Å². The fourth-order valence-electron chi connectivity index (χ4n) is 1.44.